The Morgan fingerprint density at radius 1 is 1.40 bits per heavy atom. The summed E-state index contributed by atoms with van der Waals surface area (Å²) in [5.74, 6) is 2.45. The Hall–Kier alpha value is -0.500. The van der Waals surface area contributed by atoms with E-state index in [1.165, 1.54) is 23.7 Å². The molecule has 52 valence electrons. The van der Waals surface area contributed by atoms with E-state index in [0.717, 1.165) is 0 Å². The van der Waals surface area contributed by atoms with Gasteiger partial charge in [-0.1, -0.05) is 6.07 Å². The third kappa shape index (κ3) is 1.03. The molecule has 1 aromatic heterocycles. The monoisotopic (exact) mass is 152 g/mol. The molecule has 0 radical (unpaired) electrons. The maximum Gasteiger partial charge on any atom is 0.191 e. The molecule has 2 heterocycles. The van der Waals surface area contributed by atoms with Crippen LogP contribution in [0.2, 0.25) is 0 Å². The number of rotatable bonds is 0. The van der Waals surface area contributed by atoms with E-state index in [-0.39, 0.29) is 0 Å². The van der Waals surface area contributed by atoms with Crippen molar-refractivity contribution >= 4 is 11.8 Å². The van der Waals surface area contributed by atoms with E-state index in [0.29, 0.717) is 0 Å². The van der Waals surface area contributed by atoms with Gasteiger partial charge in [-0.2, -0.15) is 0 Å². The molecule has 0 amide bonds. The van der Waals surface area contributed by atoms with Crippen LogP contribution in [0, 0.1) is 0 Å². The first-order valence-corrected chi connectivity index (χ1v) is 4.67. The molecule has 2 rings (SSSR count). The molecule has 1 aliphatic rings. The van der Waals surface area contributed by atoms with Gasteiger partial charge in [-0.25, -0.2) is 4.57 Å². The molecule has 10 heavy (non-hydrogen) atoms. The number of hydrogen-bond donors (Lipinski definition) is 0. The highest BCUT2D eigenvalue weighted by molar-refractivity contribution is 7.98. The van der Waals surface area contributed by atoms with Crippen LogP contribution in [0.4, 0.5) is 0 Å². The molecular weight excluding hydrogens is 142 g/mol. The zero-order chi connectivity index (χ0) is 6.81. The predicted octanol–water partition coefficient (Wildman–Crippen LogP) is 1.22. The highest BCUT2D eigenvalue weighted by Gasteiger charge is 2.13. The van der Waals surface area contributed by atoms with E-state index >= 15 is 0 Å². The average Bonchev–Trinajstić information content (AvgIpc) is 2.05. The Bertz CT molecular complexity index is 209. The van der Waals surface area contributed by atoms with Gasteiger partial charge in [0.25, 0.3) is 0 Å². The number of aryl methyl sites for hydroxylation is 1. The molecule has 0 saturated carbocycles. The van der Waals surface area contributed by atoms with Gasteiger partial charge in [0, 0.05) is 12.1 Å². The van der Waals surface area contributed by atoms with E-state index < -0.39 is 0 Å². The average molecular weight is 152 g/mol. The summed E-state index contributed by atoms with van der Waals surface area (Å²) in [6.07, 6.45) is 2.16. The van der Waals surface area contributed by atoms with Gasteiger partial charge in [0.2, 0.25) is 0 Å². The van der Waals surface area contributed by atoms with Crippen LogP contribution in [0.15, 0.2) is 24.4 Å². The summed E-state index contributed by atoms with van der Waals surface area (Å²) < 4.78 is 2.33. The third-order valence-electron chi connectivity index (χ3n) is 1.76. The van der Waals surface area contributed by atoms with E-state index in [2.05, 4.69) is 29.0 Å². The van der Waals surface area contributed by atoms with Gasteiger partial charge in [-0.05, 0) is 0 Å². The van der Waals surface area contributed by atoms with Crippen molar-refractivity contribution in [3.63, 3.8) is 0 Å². The van der Waals surface area contributed by atoms with Crippen LogP contribution >= 0.6 is 11.8 Å². The van der Waals surface area contributed by atoms with Crippen molar-refractivity contribution < 1.29 is 4.57 Å². The summed E-state index contributed by atoms with van der Waals surface area (Å²) in [6, 6.07) is 6.41. The molecule has 0 N–H and O–H groups in total. The zero-order valence-electron chi connectivity index (χ0n) is 5.79. The summed E-state index contributed by atoms with van der Waals surface area (Å²) in [7, 11) is 0. The minimum absolute atomic E-state index is 1.18. The molecule has 0 unspecified atom stereocenters. The molecule has 0 atom stereocenters. The highest BCUT2D eigenvalue weighted by atomic mass is 32.2. The number of aromatic nitrogens is 1. The predicted molar refractivity (Wildman–Crippen MR) is 42.8 cm³/mol. The second-order valence-electron chi connectivity index (χ2n) is 2.44. The normalized spacial score (nSPS) is 16.4. The Balaban J connectivity index is 2.41. The van der Waals surface area contributed by atoms with Crippen molar-refractivity contribution in [1.82, 2.24) is 0 Å². The first kappa shape index (κ1) is 6.23. The van der Waals surface area contributed by atoms with Gasteiger partial charge in [0.15, 0.2) is 18.4 Å². The van der Waals surface area contributed by atoms with Crippen molar-refractivity contribution in [2.24, 2.45) is 0 Å². The van der Waals surface area contributed by atoms with Crippen molar-refractivity contribution in [1.29, 1.82) is 0 Å². The van der Waals surface area contributed by atoms with Gasteiger partial charge in [0.1, 0.15) is 0 Å². The number of hydrogen-bond acceptors (Lipinski definition) is 1. The van der Waals surface area contributed by atoms with E-state index in [4.69, 9.17) is 0 Å². The lowest BCUT2D eigenvalue weighted by molar-refractivity contribution is -0.700. The Labute approximate surface area is 65.1 Å². The molecule has 0 aliphatic carbocycles. The second kappa shape index (κ2) is 2.62. The van der Waals surface area contributed by atoms with E-state index in [9.17, 15) is 0 Å². The van der Waals surface area contributed by atoms with Gasteiger partial charge in [0.05, 0.1) is 11.5 Å². The highest BCUT2D eigenvalue weighted by Crippen LogP contribution is 2.11. The quantitative estimate of drug-likeness (QED) is 0.506. The number of nitrogens with zero attached hydrogens (tertiary/aromatic N) is 1. The molecule has 1 aliphatic heterocycles. The Kier molecular flexibility index (Phi) is 1.63. The van der Waals surface area contributed by atoms with Gasteiger partial charge in [-0.15, -0.1) is 11.8 Å². The second-order valence-corrected chi connectivity index (χ2v) is 3.54. The number of pyridine rings is 1. The van der Waals surface area contributed by atoms with Crippen molar-refractivity contribution in [2.45, 2.75) is 12.3 Å². The molecule has 1 aromatic rings. The minimum Gasteiger partial charge on any atom is -0.201 e. The smallest absolute Gasteiger partial charge is 0.191 e. The summed E-state index contributed by atoms with van der Waals surface area (Å²) in [6.45, 7) is 1.18. The lowest BCUT2D eigenvalue weighted by atomic mass is 10.3. The van der Waals surface area contributed by atoms with E-state index in [1.54, 1.807) is 0 Å². The zero-order valence-corrected chi connectivity index (χ0v) is 6.60. The van der Waals surface area contributed by atoms with Crippen LogP contribution < -0.4 is 4.57 Å². The van der Waals surface area contributed by atoms with Gasteiger partial charge in [-0.3, -0.25) is 0 Å². The minimum atomic E-state index is 1.18. The lowest BCUT2D eigenvalue weighted by Gasteiger charge is -2.07. The number of thioether (sulfide) groups is 1. The van der Waals surface area contributed by atoms with Crippen LogP contribution in [0.25, 0.3) is 0 Å². The lowest BCUT2D eigenvalue weighted by Crippen LogP contribution is -2.41. The summed E-state index contributed by atoms with van der Waals surface area (Å²) in [4.78, 5) is 0. The molecule has 0 aromatic carbocycles. The van der Waals surface area contributed by atoms with Crippen molar-refractivity contribution in [3.8, 4) is 0 Å². The summed E-state index contributed by atoms with van der Waals surface area (Å²) in [5.41, 5.74) is 1.46. The fourth-order valence-corrected chi connectivity index (χ4v) is 2.14. The van der Waals surface area contributed by atoms with E-state index in [1.807, 2.05) is 11.8 Å². The van der Waals surface area contributed by atoms with Crippen LogP contribution in [0.1, 0.15) is 5.69 Å². The summed E-state index contributed by atoms with van der Waals surface area (Å²) >= 11 is 2.02. The molecule has 1 nitrogen and oxygen atoms in total. The first-order valence-electron chi connectivity index (χ1n) is 3.52. The third-order valence-corrected chi connectivity index (χ3v) is 2.73. The molecule has 0 spiro atoms. The molecule has 0 saturated heterocycles. The fourth-order valence-electron chi connectivity index (χ4n) is 1.20. The van der Waals surface area contributed by atoms with Crippen LogP contribution in [-0.4, -0.2) is 5.75 Å². The van der Waals surface area contributed by atoms with Gasteiger partial charge < -0.3 is 0 Å². The van der Waals surface area contributed by atoms with Gasteiger partial charge >= 0.3 is 0 Å². The topological polar surface area (TPSA) is 3.88 Å². The van der Waals surface area contributed by atoms with Crippen LogP contribution in [0.5, 0.6) is 0 Å². The van der Waals surface area contributed by atoms with Crippen molar-refractivity contribution in [2.75, 3.05) is 5.75 Å². The molecular formula is C8H10NS+. The SMILES string of the molecule is c1cc[n+]2c(c1)CSCC2. The van der Waals surface area contributed by atoms with Crippen LogP contribution in [-0.2, 0) is 12.3 Å². The molecule has 2 heteroatoms. The number of fused-ring (bicyclic) bond motifs is 1. The maximum atomic E-state index is 2.33. The Morgan fingerprint density at radius 3 is 3.30 bits per heavy atom. The van der Waals surface area contributed by atoms with Crippen molar-refractivity contribution in [3.05, 3.63) is 30.1 Å². The fraction of sp³-hybridized carbons (Fsp3) is 0.375. The molecule has 0 fully saturated rings. The standard InChI is InChI=1S/C8H10NS/c1-2-4-9-5-6-10-7-8(9)3-1/h1-4H,5-7H2/q+1. The maximum absolute atomic E-state index is 2.33. The summed E-state index contributed by atoms with van der Waals surface area (Å²) in [5, 5.41) is 0. The first-order chi connectivity index (χ1) is 4.97. The largest absolute Gasteiger partial charge is 0.201 e. The Morgan fingerprint density at radius 2 is 2.40 bits per heavy atom. The van der Waals surface area contributed by atoms with Crippen LogP contribution in [0.3, 0.4) is 0 Å². The molecule has 0 bridgehead atoms.